The number of carbonyl (C=O) groups is 1. The highest BCUT2D eigenvalue weighted by atomic mass is 35.5. The Morgan fingerprint density at radius 3 is 2.38 bits per heavy atom. The van der Waals surface area contributed by atoms with E-state index in [9.17, 15) is 4.79 Å². The number of carbonyl (C=O) groups excluding carboxylic acids is 1. The van der Waals surface area contributed by atoms with Gasteiger partial charge in [0.2, 0.25) is 0 Å². The van der Waals surface area contributed by atoms with Crippen molar-refractivity contribution in [2.24, 2.45) is 46.3 Å². The summed E-state index contributed by atoms with van der Waals surface area (Å²) in [5.41, 5.74) is 2.13. The molecule has 0 spiro atoms. The van der Waals surface area contributed by atoms with Gasteiger partial charge in [-0.3, -0.25) is 4.79 Å². The molecule has 3 saturated carbocycles. The van der Waals surface area contributed by atoms with Crippen LogP contribution >= 0.6 is 11.6 Å². The van der Waals surface area contributed by atoms with Crippen molar-refractivity contribution in [3.63, 3.8) is 0 Å². The normalized spacial score (nSPS) is 45.4. The second kappa shape index (κ2) is 7.99. The molecular formula is C27H43ClO. The van der Waals surface area contributed by atoms with Crippen molar-refractivity contribution in [3.05, 3.63) is 11.6 Å². The number of alkyl halides is 1. The fraction of sp³-hybridized carbons (Fsp3) is 0.889. The third-order valence-corrected chi connectivity index (χ3v) is 10.4. The Morgan fingerprint density at radius 1 is 0.966 bits per heavy atom. The van der Waals surface area contributed by atoms with E-state index in [4.69, 9.17) is 11.6 Å². The Bertz CT molecular complexity index is 665. The quantitative estimate of drug-likeness (QED) is 0.416. The van der Waals surface area contributed by atoms with E-state index >= 15 is 0 Å². The van der Waals surface area contributed by atoms with E-state index in [1.165, 1.54) is 44.9 Å². The van der Waals surface area contributed by atoms with Gasteiger partial charge >= 0.3 is 0 Å². The van der Waals surface area contributed by atoms with Crippen LogP contribution in [0.15, 0.2) is 11.6 Å². The molecule has 0 aromatic rings. The summed E-state index contributed by atoms with van der Waals surface area (Å²) < 4.78 is 0. The van der Waals surface area contributed by atoms with Gasteiger partial charge in [-0.25, -0.2) is 0 Å². The number of halogens is 1. The summed E-state index contributed by atoms with van der Waals surface area (Å²) in [6.45, 7) is 12.2. The Kier molecular flexibility index (Phi) is 6.04. The van der Waals surface area contributed by atoms with Gasteiger partial charge in [-0.05, 0) is 91.4 Å². The van der Waals surface area contributed by atoms with E-state index < -0.39 is 0 Å². The van der Waals surface area contributed by atoms with E-state index in [1.54, 1.807) is 5.57 Å². The monoisotopic (exact) mass is 418 g/mol. The predicted octanol–water partition coefficient (Wildman–Crippen LogP) is 7.81. The van der Waals surface area contributed by atoms with Crippen molar-refractivity contribution in [2.45, 2.75) is 104 Å². The van der Waals surface area contributed by atoms with Crippen LogP contribution in [0.4, 0.5) is 0 Å². The van der Waals surface area contributed by atoms with Crippen molar-refractivity contribution < 1.29 is 4.79 Å². The SMILES string of the molecule is CC(C)CCC[C@@H](C)[C@H]1CC[C@H]2C3=CC(=O)[C@H]4C[C@@H](Cl)CC[C@]4(C)[C@H]3CC[C@]12C. The molecular weight excluding hydrogens is 376 g/mol. The average molecular weight is 419 g/mol. The molecule has 29 heavy (non-hydrogen) atoms. The molecule has 1 nitrogen and oxygen atoms in total. The smallest absolute Gasteiger partial charge is 0.159 e. The Hall–Kier alpha value is -0.300. The first-order valence-corrected chi connectivity index (χ1v) is 13.0. The molecule has 0 aliphatic heterocycles. The van der Waals surface area contributed by atoms with Crippen LogP contribution < -0.4 is 0 Å². The Labute approximate surface area is 184 Å². The first kappa shape index (κ1) is 21.9. The molecule has 4 rings (SSSR count). The topological polar surface area (TPSA) is 17.1 Å². The summed E-state index contributed by atoms with van der Waals surface area (Å²) >= 11 is 6.49. The lowest BCUT2D eigenvalue weighted by atomic mass is 9.47. The summed E-state index contributed by atoms with van der Waals surface area (Å²) in [7, 11) is 0. The summed E-state index contributed by atoms with van der Waals surface area (Å²) in [6.07, 6.45) is 14.7. The highest BCUT2D eigenvalue weighted by Crippen LogP contribution is 2.66. The summed E-state index contributed by atoms with van der Waals surface area (Å²) in [5.74, 6) is 4.32. The molecule has 4 aliphatic rings. The van der Waals surface area contributed by atoms with E-state index in [-0.39, 0.29) is 16.7 Å². The molecule has 0 N–H and O–H groups in total. The third-order valence-electron chi connectivity index (χ3n) is 10.0. The maximum absolute atomic E-state index is 13.2. The zero-order chi connectivity index (χ0) is 21.0. The number of fused-ring (bicyclic) bond motifs is 5. The van der Waals surface area contributed by atoms with Gasteiger partial charge in [-0.1, -0.05) is 59.5 Å². The molecule has 0 aromatic carbocycles. The minimum Gasteiger partial charge on any atom is -0.295 e. The van der Waals surface area contributed by atoms with Crippen LogP contribution in [0, 0.1) is 46.3 Å². The molecule has 0 saturated heterocycles. The summed E-state index contributed by atoms with van der Waals surface area (Å²) in [6, 6.07) is 0. The second-order valence-corrected chi connectivity index (χ2v) is 12.7. The lowest BCUT2D eigenvalue weighted by Gasteiger charge is -2.57. The number of rotatable bonds is 5. The summed E-state index contributed by atoms with van der Waals surface area (Å²) in [4.78, 5) is 13.2. The molecule has 4 aliphatic carbocycles. The van der Waals surface area contributed by atoms with Crippen LogP contribution in [0.3, 0.4) is 0 Å². The maximum Gasteiger partial charge on any atom is 0.159 e. The van der Waals surface area contributed by atoms with Crippen LogP contribution in [0.25, 0.3) is 0 Å². The fourth-order valence-corrected chi connectivity index (χ4v) is 8.63. The first-order chi connectivity index (χ1) is 13.7. The third kappa shape index (κ3) is 3.66. The molecule has 0 radical (unpaired) electrons. The largest absolute Gasteiger partial charge is 0.295 e. The predicted molar refractivity (Wildman–Crippen MR) is 123 cm³/mol. The zero-order valence-electron chi connectivity index (χ0n) is 19.5. The van der Waals surface area contributed by atoms with Gasteiger partial charge < -0.3 is 0 Å². The molecule has 0 aromatic heterocycles. The fourth-order valence-electron chi connectivity index (χ4n) is 8.34. The standard InChI is InChI=1S/C27H43ClO/c1-17(2)7-6-8-18(3)21-9-10-22-20-16-25(29)24-15-19(28)11-13-27(24,5)23(20)12-14-26(21,22)4/h16-19,21-24H,6-15H2,1-5H3/t18-,19+,21-,22+,23+,24-,26-,27-/m1/s1. The van der Waals surface area contributed by atoms with Crippen molar-refractivity contribution in [3.8, 4) is 0 Å². The zero-order valence-corrected chi connectivity index (χ0v) is 20.2. The van der Waals surface area contributed by atoms with Crippen molar-refractivity contribution >= 4 is 17.4 Å². The Balaban J connectivity index is 1.55. The maximum atomic E-state index is 13.2. The van der Waals surface area contributed by atoms with E-state index in [0.717, 1.165) is 37.0 Å². The van der Waals surface area contributed by atoms with Gasteiger partial charge in [0.25, 0.3) is 0 Å². The van der Waals surface area contributed by atoms with Crippen molar-refractivity contribution in [2.75, 3.05) is 0 Å². The molecule has 8 atom stereocenters. The number of allylic oxidation sites excluding steroid dienone is 2. The van der Waals surface area contributed by atoms with Gasteiger partial charge in [0.1, 0.15) is 0 Å². The van der Waals surface area contributed by atoms with Crippen LogP contribution in [0.2, 0.25) is 0 Å². The van der Waals surface area contributed by atoms with E-state index in [1.807, 2.05) is 0 Å². The average Bonchev–Trinajstić information content (AvgIpc) is 3.00. The van der Waals surface area contributed by atoms with E-state index in [0.29, 0.717) is 23.0 Å². The van der Waals surface area contributed by atoms with Gasteiger partial charge in [-0.2, -0.15) is 0 Å². The van der Waals surface area contributed by atoms with Crippen LogP contribution in [-0.2, 0) is 4.79 Å². The van der Waals surface area contributed by atoms with Crippen molar-refractivity contribution in [1.29, 1.82) is 0 Å². The number of hydrogen-bond acceptors (Lipinski definition) is 1. The van der Waals surface area contributed by atoms with Crippen LogP contribution in [0.1, 0.15) is 98.8 Å². The molecule has 3 fully saturated rings. The highest BCUT2D eigenvalue weighted by molar-refractivity contribution is 6.20. The highest BCUT2D eigenvalue weighted by Gasteiger charge is 2.59. The molecule has 0 unspecified atom stereocenters. The van der Waals surface area contributed by atoms with Gasteiger partial charge in [0.15, 0.2) is 5.78 Å². The van der Waals surface area contributed by atoms with E-state index in [2.05, 4.69) is 40.7 Å². The molecule has 2 heteroatoms. The van der Waals surface area contributed by atoms with Gasteiger partial charge in [0.05, 0.1) is 0 Å². The summed E-state index contributed by atoms with van der Waals surface area (Å²) in [5, 5.41) is 0.198. The number of hydrogen-bond donors (Lipinski definition) is 0. The minimum absolute atomic E-state index is 0.162. The number of ketones is 1. The lowest BCUT2D eigenvalue weighted by molar-refractivity contribution is -0.128. The van der Waals surface area contributed by atoms with Crippen molar-refractivity contribution in [1.82, 2.24) is 0 Å². The van der Waals surface area contributed by atoms with Crippen LogP contribution in [0.5, 0.6) is 0 Å². The Morgan fingerprint density at radius 2 is 1.66 bits per heavy atom. The second-order valence-electron chi connectivity index (χ2n) is 12.1. The molecule has 0 bridgehead atoms. The molecule has 0 heterocycles. The van der Waals surface area contributed by atoms with Crippen LogP contribution in [-0.4, -0.2) is 11.2 Å². The lowest BCUT2D eigenvalue weighted by Crippen LogP contribution is -2.52. The molecule has 0 amide bonds. The van der Waals surface area contributed by atoms with Gasteiger partial charge in [-0.15, -0.1) is 11.6 Å². The first-order valence-electron chi connectivity index (χ1n) is 12.6. The minimum atomic E-state index is 0.162. The van der Waals surface area contributed by atoms with Gasteiger partial charge in [0, 0.05) is 11.3 Å². The molecule has 164 valence electrons.